The molecule has 3 nitrogen and oxygen atoms in total. The third-order valence-electron chi connectivity index (χ3n) is 5.85. The molecule has 0 aromatic heterocycles. The normalized spacial score (nSPS) is 20.2. The Bertz CT molecular complexity index is 911. The third kappa shape index (κ3) is 6.35. The molecule has 0 aliphatic heterocycles. The van der Waals surface area contributed by atoms with Crippen LogP contribution in [0.25, 0.3) is 0 Å². The number of carbonyl (C=O) groups is 1. The Balaban J connectivity index is 1.47. The van der Waals surface area contributed by atoms with Gasteiger partial charge >= 0.3 is 6.18 Å². The maximum Gasteiger partial charge on any atom is 0.416 e. The van der Waals surface area contributed by atoms with Gasteiger partial charge in [-0.05, 0) is 73.9 Å². The predicted molar refractivity (Wildman–Crippen MR) is 112 cm³/mol. The van der Waals surface area contributed by atoms with E-state index in [0.717, 1.165) is 43.9 Å². The first-order chi connectivity index (χ1) is 14.6. The number of hydrogen-bond acceptors (Lipinski definition) is 2. The first kappa shape index (κ1) is 23.4. The molecule has 1 aliphatic carbocycles. The highest BCUT2D eigenvalue weighted by Crippen LogP contribution is 2.35. The molecule has 1 amide bonds. The zero-order valence-electron chi connectivity index (χ0n) is 17.0. The first-order valence-corrected chi connectivity index (χ1v) is 10.6. The molecule has 0 bridgehead atoms. The largest absolute Gasteiger partial charge is 0.493 e. The average molecular weight is 458 g/mol. The van der Waals surface area contributed by atoms with Crippen LogP contribution in [0.2, 0.25) is 5.02 Å². The number of nitrogens with one attached hydrogen (secondary N) is 1. The first-order valence-electron chi connectivity index (χ1n) is 10.2. The van der Waals surface area contributed by atoms with Crippen LogP contribution in [-0.4, -0.2) is 12.5 Å². The maximum absolute atomic E-state index is 13.9. The molecule has 8 heteroatoms. The highest BCUT2D eigenvalue weighted by molar-refractivity contribution is 6.30. The van der Waals surface area contributed by atoms with Crippen molar-refractivity contribution in [3.63, 3.8) is 0 Å². The van der Waals surface area contributed by atoms with Crippen LogP contribution < -0.4 is 10.1 Å². The smallest absolute Gasteiger partial charge is 0.416 e. The van der Waals surface area contributed by atoms with E-state index in [1.165, 1.54) is 24.3 Å². The van der Waals surface area contributed by atoms with Gasteiger partial charge in [0.05, 0.1) is 17.9 Å². The summed E-state index contributed by atoms with van der Waals surface area (Å²) in [5, 5.41) is 2.88. The number of alkyl halides is 3. The minimum Gasteiger partial charge on any atom is -0.493 e. The van der Waals surface area contributed by atoms with Crippen molar-refractivity contribution in [2.24, 2.45) is 17.8 Å². The summed E-state index contributed by atoms with van der Waals surface area (Å²) in [4.78, 5) is 12.5. The summed E-state index contributed by atoms with van der Waals surface area (Å²) in [5.41, 5.74) is -0.630. The van der Waals surface area contributed by atoms with E-state index in [4.69, 9.17) is 16.3 Å². The molecule has 0 heterocycles. The lowest BCUT2D eigenvalue weighted by molar-refractivity contribution is -0.137. The Kier molecular flexibility index (Phi) is 7.46. The van der Waals surface area contributed by atoms with E-state index < -0.39 is 17.6 Å². The molecule has 0 unspecified atom stereocenters. The number of amides is 1. The van der Waals surface area contributed by atoms with E-state index in [1.54, 1.807) is 0 Å². The van der Waals surface area contributed by atoms with Crippen LogP contribution >= 0.6 is 11.6 Å². The van der Waals surface area contributed by atoms with Crippen molar-refractivity contribution in [1.82, 2.24) is 0 Å². The van der Waals surface area contributed by atoms with Gasteiger partial charge in [0, 0.05) is 10.9 Å². The van der Waals surface area contributed by atoms with Crippen molar-refractivity contribution in [2.45, 2.75) is 38.8 Å². The van der Waals surface area contributed by atoms with Crippen LogP contribution in [0.15, 0.2) is 42.5 Å². The van der Waals surface area contributed by atoms with Gasteiger partial charge in [-0.3, -0.25) is 4.79 Å². The number of hydrogen-bond donors (Lipinski definition) is 1. The van der Waals surface area contributed by atoms with E-state index in [2.05, 4.69) is 5.32 Å². The second kappa shape index (κ2) is 9.90. The quantitative estimate of drug-likeness (QED) is 0.476. The molecule has 0 spiro atoms. The van der Waals surface area contributed by atoms with Gasteiger partial charge in [-0.15, -0.1) is 0 Å². The van der Waals surface area contributed by atoms with Crippen molar-refractivity contribution in [3.8, 4) is 5.75 Å². The van der Waals surface area contributed by atoms with Crippen molar-refractivity contribution in [2.75, 3.05) is 11.9 Å². The monoisotopic (exact) mass is 457 g/mol. The third-order valence-corrected chi connectivity index (χ3v) is 6.08. The van der Waals surface area contributed by atoms with Crippen molar-refractivity contribution in [3.05, 3.63) is 58.9 Å². The lowest BCUT2D eigenvalue weighted by atomic mass is 9.76. The highest BCUT2D eigenvalue weighted by Gasteiger charge is 2.31. The minimum absolute atomic E-state index is 0.101. The van der Waals surface area contributed by atoms with E-state index in [-0.39, 0.29) is 40.1 Å². The molecule has 2 aromatic rings. The van der Waals surface area contributed by atoms with Crippen LogP contribution in [0.5, 0.6) is 5.75 Å². The number of benzene rings is 2. The van der Waals surface area contributed by atoms with Crippen LogP contribution in [0.1, 0.15) is 38.2 Å². The Morgan fingerprint density at radius 3 is 2.52 bits per heavy atom. The Labute approximate surface area is 183 Å². The van der Waals surface area contributed by atoms with Crippen LogP contribution in [-0.2, 0) is 11.0 Å². The molecule has 1 aliphatic rings. The maximum atomic E-state index is 13.9. The summed E-state index contributed by atoms with van der Waals surface area (Å²) in [6, 6.07) is 8.97. The van der Waals surface area contributed by atoms with E-state index in [1.807, 2.05) is 6.92 Å². The number of rotatable bonds is 6. The second-order valence-corrected chi connectivity index (χ2v) is 8.46. The minimum atomic E-state index is -4.40. The fourth-order valence-electron chi connectivity index (χ4n) is 3.88. The second-order valence-electron chi connectivity index (χ2n) is 8.02. The summed E-state index contributed by atoms with van der Waals surface area (Å²) >= 11 is 5.73. The Morgan fingerprint density at radius 1 is 1.16 bits per heavy atom. The lowest BCUT2D eigenvalue weighted by Crippen LogP contribution is -2.31. The fraction of sp³-hybridized carbons (Fsp3) is 0.435. The molecule has 0 saturated heterocycles. The van der Waals surface area contributed by atoms with Gasteiger partial charge < -0.3 is 10.1 Å². The van der Waals surface area contributed by atoms with Gasteiger partial charge in [-0.25, -0.2) is 4.39 Å². The van der Waals surface area contributed by atoms with Crippen molar-refractivity contribution >= 4 is 23.2 Å². The number of carbonyl (C=O) groups excluding carboxylic acids is 1. The summed E-state index contributed by atoms with van der Waals surface area (Å²) in [5.74, 6) is -0.543. The van der Waals surface area contributed by atoms with E-state index in [0.29, 0.717) is 6.61 Å². The Morgan fingerprint density at radius 2 is 1.87 bits per heavy atom. The van der Waals surface area contributed by atoms with Gasteiger partial charge in [0.1, 0.15) is 11.6 Å². The fourth-order valence-corrected chi connectivity index (χ4v) is 4.04. The molecule has 2 aromatic carbocycles. The molecule has 0 radical (unpaired) electrons. The predicted octanol–water partition coefficient (Wildman–Crippen LogP) is 6.96. The topological polar surface area (TPSA) is 38.3 Å². The van der Waals surface area contributed by atoms with Crippen molar-refractivity contribution in [1.29, 1.82) is 0 Å². The van der Waals surface area contributed by atoms with Gasteiger partial charge in [-0.2, -0.15) is 13.2 Å². The van der Waals surface area contributed by atoms with Gasteiger partial charge in [0.15, 0.2) is 0 Å². The summed E-state index contributed by atoms with van der Waals surface area (Å²) in [6.45, 7) is 2.16. The molecule has 1 saturated carbocycles. The summed E-state index contributed by atoms with van der Waals surface area (Å²) in [7, 11) is 0. The zero-order chi connectivity index (χ0) is 22.6. The SMILES string of the molecule is C[C@@H](C(=O)Nc1ccc(Cl)cc1F)[C@H]1CC[C@@H](COc2cccc(C(F)(F)F)c2)CC1. The van der Waals surface area contributed by atoms with Gasteiger partial charge in [-0.1, -0.05) is 24.6 Å². The van der Waals surface area contributed by atoms with Crippen LogP contribution in [0.3, 0.4) is 0 Å². The van der Waals surface area contributed by atoms with Crippen LogP contribution in [0, 0.1) is 23.6 Å². The average Bonchev–Trinajstić information content (AvgIpc) is 2.73. The number of ether oxygens (including phenoxy) is 1. The highest BCUT2D eigenvalue weighted by atomic mass is 35.5. The van der Waals surface area contributed by atoms with E-state index >= 15 is 0 Å². The molecular formula is C23H24ClF4NO2. The number of anilines is 1. The van der Waals surface area contributed by atoms with Crippen LogP contribution in [0.4, 0.5) is 23.2 Å². The molecular weight excluding hydrogens is 434 g/mol. The molecule has 1 fully saturated rings. The summed E-state index contributed by atoms with van der Waals surface area (Å²) in [6.07, 6.45) is -1.17. The molecule has 31 heavy (non-hydrogen) atoms. The standard InChI is InChI=1S/C23H24ClF4NO2/c1-14(22(30)29-21-10-9-18(24)12-20(21)25)16-7-5-15(6-8-16)13-31-19-4-2-3-17(11-19)23(26,27)28/h2-4,9-12,14-16H,5-8,13H2,1H3,(H,29,30)/t14-,15-,16+/m1/s1. The van der Waals surface area contributed by atoms with Gasteiger partial charge in [0.25, 0.3) is 0 Å². The van der Waals surface area contributed by atoms with E-state index in [9.17, 15) is 22.4 Å². The zero-order valence-corrected chi connectivity index (χ0v) is 17.8. The lowest BCUT2D eigenvalue weighted by Gasteiger charge is -2.31. The molecule has 1 atom stereocenters. The number of halogens is 5. The Hall–Kier alpha value is -2.28. The molecule has 3 rings (SSSR count). The van der Waals surface area contributed by atoms with Gasteiger partial charge in [0.2, 0.25) is 5.91 Å². The molecule has 1 N–H and O–H groups in total. The molecule has 168 valence electrons. The summed E-state index contributed by atoms with van der Waals surface area (Å²) < 4.78 is 57.9. The van der Waals surface area contributed by atoms with Crippen molar-refractivity contribution < 1.29 is 27.1 Å².